The van der Waals surface area contributed by atoms with Gasteiger partial charge >= 0.3 is 0 Å². The number of halogens is 1. The Morgan fingerprint density at radius 3 is 2.29 bits per heavy atom. The van der Waals surface area contributed by atoms with E-state index in [1.165, 1.54) is 17.0 Å². The second-order valence-electron chi connectivity index (χ2n) is 5.97. The molecule has 1 saturated heterocycles. The number of nitrogens with zero attached hydrogens (tertiary/aromatic N) is 3. The lowest BCUT2D eigenvalue weighted by molar-refractivity contribution is -0.145. The molecular weight excluding hydrogens is 365 g/mol. The summed E-state index contributed by atoms with van der Waals surface area (Å²) in [6.45, 7) is 1.19. The highest BCUT2D eigenvalue weighted by Gasteiger charge is 2.29. The molecule has 1 amide bonds. The van der Waals surface area contributed by atoms with E-state index in [2.05, 4.69) is 10.2 Å². The first-order chi connectivity index (χ1) is 13.6. The lowest BCUT2D eigenvalue weighted by Gasteiger charge is -2.26. The number of benzene rings is 2. The minimum absolute atomic E-state index is 0.145. The van der Waals surface area contributed by atoms with Crippen LogP contribution < -0.4 is 0 Å². The van der Waals surface area contributed by atoms with E-state index in [0.29, 0.717) is 18.9 Å². The number of amides is 1. The number of Topliss-reactive ketones (excluding diaryl/α,β-unsaturated/α-hetero) is 1. The van der Waals surface area contributed by atoms with Crippen LogP contribution in [0.1, 0.15) is 5.56 Å². The number of ketones is 1. The van der Waals surface area contributed by atoms with Crippen LogP contribution in [0.2, 0.25) is 0 Å². The van der Waals surface area contributed by atoms with E-state index in [1.54, 1.807) is 30.3 Å². The molecule has 1 N–H and O–H groups in total. The predicted octanol–water partition coefficient (Wildman–Crippen LogP) is 3.26. The molecule has 1 heterocycles. The Hall–Kier alpha value is -3.39. The molecule has 1 fully saturated rings. The number of aliphatic hydroxyl groups excluding tert-OH is 1. The molecule has 0 saturated carbocycles. The molecule has 0 unspecified atom stereocenters. The van der Waals surface area contributed by atoms with Crippen molar-refractivity contribution in [1.82, 2.24) is 4.90 Å². The van der Waals surface area contributed by atoms with Crippen molar-refractivity contribution in [3.05, 3.63) is 71.7 Å². The lowest BCUT2D eigenvalue weighted by Crippen LogP contribution is -2.44. The molecular formula is C20H18FN3O4. The average molecular weight is 383 g/mol. The van der Waals surface area contributed by atoms with Gasteiger partial charge in [-0.15, -0.1) is 5.11 Å². The topological polar surface area (TPSA) is 91.6 Å². The smallest absolute Gasteiger partial charge is 0.297 e. The molecule has 1 aliphatic heterocycles. The fourth-order valence-electron chi connectivity index (χ4n) is 2.56. The maximum Gasteiger partial charge on any atom is 0.297 e. The third kappa shape index (κ3) is 4.66. The number of carbonyl (C=O) groups excluding carboxylic acids is 2. The van der Waals surface area contributed by atoms with Gasteiger partial charge in [-0.3, -0.25) is 9.59 Å². The number of hydrogen-bond acceptors (Lipinski definition) is 6. The Kier molecular flexibility index (Phi) is 6.23. The first-order valence-electron chi connectivity index (χ1n) is 8.63. The summed E-state index contributed by atoms with van der Waals surface area (Å²) in [5.41, 5.74) is 0.0806. The molecule has 3 rings (SSSR count). The van der Waals surface area contributed by atoms with Crippen LogP contribution in [-0.4, -0.2) is 48.0 Å². The van der Waals surface area contributed by atoms with Crippen LogP contribution in [0.4, 0.5) is 10.1 Å². The quantitative estimate of drug-likeness (QED) is 0.371. The zero-order valence-electron chi connectivity index (χ0n) is 14.9. The van der Waals surface area contributed by atoms with Crippen molar-refractivity contribution in [2.45, 2.75) is 0 Å². The maximum absolute atomic E-state index is 13.2. The summed E-state index contributed by atoms with van der Waals surface area (Å²) < 4.78 is 18.4. The normalized spacial score (nSPS) is 15.4. The largest absolute Gasteiger partial charge is 0.505 e. The second-order valence-corrected chi connectivity index (χ2v) is 5.97. The molecule has 8 heteroatoms. The van der Waals surface area contributed by atoms with E-state index in [0.717, 1.165) is 12.1 Å². The van der Waals surface area contributed by atoms with Gasteiger partial charge in [-0.05, 0) is 36.4 Å². The summed E-state index contributed by atoms with van der Waals surface area (Å²) in [6.07, 6.45) is 0. The van der Waals surface area contributed by atoms with E-state index < -0.39 is 29.0 Å². The summed E-state index contributed by atoms with van der Waals surface area (Å²) in [7, 11) is 0. The van der Waals surface area contributed by atoms with Crippen molar-refractivity contribution in [3.8, 4) is 0 Å². The molecule has 7 nitrogen and oxygen atoms in total. The molecule has 0 atom stereocenters. The standard InChI is InChI=1S/C20H18FN3O4/c21-15-8-6-14(7-9-15)18(25)17(23-22-16-4-2-1-3-5-16)19(26)20(27)24-10-12-28-13-11-24/h1-9,25H,10-13H2. The SMILES string of the molecule is O=C(C(=O)N1CCOCC1)C(N=Nc1ccccc1)=C(O)c1ccc(F)cc1. The number of morpholine rings is 1. The molecule has 0 radical (unpaired) electrons. The van der Waals surface area contributed by atoms with Gasteiger partial charge in [0.1, 0.15) is 5.82 Å². The Morgan fingerprint density at radius 2 is 1.64 bits per heavy atom. The van der Waals surface area contributed by atoms with E-state index in [4.69, 9.17) is 4.74 Å². The predicted molar refractivity (Wildman–Crippen MR) is 99.3 cm³/mol. The average Bonchev–Trinajstić information content (AvgIpc) is 2.75. The number of rotatable bonds is 5. The highest BCUT2D eigenvalue weighted by atomic mass is 19.1. The van der Waals surface area contributed by atoms with Crippen LogP contribution in [0, 0.1) is 5.82 Å². The van der Waals surface area contributed by atoms with Crippen LogP contribution in [0.5, 0.6) is 0 Å². The molecule has 2 aromatic rings. The van der Waals surface area contributed by atoms with Gasteiger partial charge in [-0.2, -0.15) is 5.11 Å². The van der Waals surface area contributed by atoms with Crippen LogP contribution >= 0.6 is 0 Å². The van der Waals surface area contributed by atoms with Gasteiger partial charge in [0, 0.05) is 18.7 Å². The fourth-order valence-corrected chi connectivity index (χ4v) is 2.56. The maximum atomic E-state index is 13.2. The highest BCUT2D eigenvalue weighted by molar-refractivity contribution is 6.43. The van der Waals surface area contributed by atoms with Crippen LogP contribution in [-0.2, 0) is 14.3 Å². The van der Waals surface area contributed by atoms with Crippen molar-refractivity contribution in [2.24, 2.45) is 10.2 Å². The van der Waals surface area contributed by atoms with Gasteiger partial charge < -0.3 is 14.7 Å². The van der Waals surface area contributed by atoms with Gasteiger partial charge in [0.05, 0.1) is 18.9 Å². The van der Waals surface area contributed by atoms with Gasteiger partial charge in [-0.25, -0.2) is 4.39 Å². The zero-order valence-corrected chi connectivity index (χ0v) is 14.9. The van der Waals surface area contributed by atoms with E-state index in [1.807, 2.05) is 0 Å². The summed E-state index contributed by atoms with van der Waals surface area (Å²) in [5, 5.41) is 18.3. The number of ether oxygens (including phenoxy) is 1. The number of carbonyl (C=O) groups is 2. The van der Waals surface area contributed by atoms with Crippen LogP contribution in [0.25, 0.3) is 5.76 Å². The first-order valence-corrected chi connectivity index (χ1v) is 8.63. The first kappa shape index (κ1) is 19.4. The Morgan fingerprint density at radius 1 is 1.00 bits per heavy atom. The van der Waals surface area contributed by atoms with Gasteiger partial charge in [0.15, 0.2) is 11.5 Å². The van der Waals surface area contributed by atoms with Crippen LogP contribution in [0.15, 0.2) is 70.5 Å². The summed E-state index contributed by atoms with van der Waals surface area (Å²) in [5.74, 6) is -2.85. The van der Waals surface area contributed by atoms with Crippen molar-refractivity contribution in [1.29, 1.82) is 0 Å². The molecule has 1 aliphatic rings. The van der Waals surface area contributed by atoms with Crippen molar-refractivity contribution < 1.29 is 23.8 Å². The summed E-state index contributed by atoms with van der Waals surface area (Å²) in [6, 6.07) is 13.4. The van der Waals surface area contributed by atoms with Gasteiger partial charge in [0.25, 0.3) is 11.7 Å². The number of azo groups is 1. The zero-order chi connectivity index (χ0) is 19.9. The fraction of sp³-hybridized carbons (Fsp3) is 0.200. The van der Waals surface area contributed by atoms with Crippen molar-refractivity contribution >= 4 is 23.1 Å². The summed E-state index contributed by atoms with van der Waals surface area (Å²) >= 11 is 0. The van der Waals surface area contributed by atoms with E-state index in [9.17, 15) is 19.1 Å². The van der Waals surface area contributed by atoms with Crippen molar-refractivity contribution in [3.63, 3.8) is 0 Å². The third-order valence-electron chi connectivity index (χ3n) is 4.07. The second kappa shape index (κ2) is 9.01. The Bertz CT molecular complexity index is 905. The minimum Gasteiger partial charge on any atom is -0.505 e. The highest BCUT2D eigenvalue weighted by Crippen LogP contribution is 2.22. The molecule has 28 heavy (non-hydrogen) atoms. The Labute approximate surface area is 160 Å². The van der Waals surface area contributed by atoms with Crippen LogP contribution in [0.3, 0.4) is 0 Å². The minimum atomic E-state index is -0.997. The van der Waals surface area contributed by atoms with Crippen molar-refractivity contribution in [2.75, 3.05) is 26.3 Å². The monoisotopic (exact) mass is 383 g/mol. The lowest BCUT2D eigenvalue weighted by atomic mass is 10.1. The molecule has 0 aliphatic carbocycles. The van der Waals surface area contributed by atoms with Gasteiger partial charge in [0.2, 0.25) is 0 Å². The molecule has 144 valence electrons. The third-order valence-corrected chi connectivity index (χ3v) is 4.07. The number of aliphatic hydroxyl groups is 1. The van der Waals surface area contributed by atoms with E-state index >= 15 is 0 Å². The molecule has 0 bridgehead atoms. The molecule has 2 aromatic carbocycles. The Balaban J connectivity index is 1.96. The van der Waals surface area contributed by atoms with E-state index in [-0.39, 0.29) is 18.7 Å². The molecule has 0 spiro atoms. The molecule has 0 aromatic heterocycles. The number of hydrogen-bond donors (Lipinski definition) is 1. The van der Waals surface area contributed by atoms with Gasteiger partial charge in [-0.1, -0.05) is 18.2 Å². The summed E-state index contributed by atoms with van der Waals surface area (Å²) in [4.78, 5) is 26.7.